The number of aliphatic hydroxyl groups is 1. The van der Waals surface area contributed by atoms with E-state index in [9.17, 15) is 13.5 Å². The molecule has 2 atom stereocenters. The Labute approximate surface area is 142 Å². The fraction of sp³-hybridized carbons (Fsp3) is 0.357. The Morgan fingerprint density at radius 2 is 2.09 bits per heavy atom. The second kappa shape index (κ2) is 5.49. The molecule has 23 heavy (non-hydrogen) atoms. The molecule has 0 spiro atoms. The van der Waals surface area contributed by atoms with Gasteiger partial charge in [-0.3, -0.25) is 0 Å². The number of hydrogen-bond donors (Lipinski definition) is 2. The summed E-state index contributed by atoms with van der Waals surface area (Å²) in [4.78, 5) is 4.11. The number of rotatable bonds is 3. The molecule has 2 unspecified atom stereocenters. The van der Waals surface area contributed by atoms with Crippen molar-refractivity contribution >= 4 is 33.4 Å². The van der Waals surface area contributed by atoms with Gasteiger partial charge in [0, 0.05) is 12.3 Å². The van der Waals surface area contributed by atoms with Crippen LogP contribution in [-0.4, -0.2) is 28.8 Å². The Hall–Kier alpha value is -1.06. The molecule has 4 rings (SSSR count). The standard InChI is InChI=1S/C14H14ClN3O3S2/c15-12-13(18-5-6-22-14(18)16-12)23(20,21)17-10-7-11(19)9-4-2-1-3-8(9)10/h1-4,10-11,17,19H,5-7H2. The van der Waals surface area contributed by atoms with E-state index in [1.807, 2.05) is 24.3 Å². The van der Waals surface area contributed by atoms with E-state index in [-0.39, 0.29) is 10.2 Å². The van der Waals surface area contributed by atoms with Crippen LogP contribution in [0.3, 0.4) is 0 Å². The van der Waals surface area contributed by atoms with Crippen LogP contribution in [0.1, 0.15) is 29.7 Å². The first-order valence-corrected chi connectivity index (χ1v) is 10.00. The Morgan fingerprint density at radius 3 is 2.87 bits per heavy atom. The van der Waals surface area contributed by atoms with Crippen LogP contribution >= 0.6 is 23.4 Å². The normalized spacial score (nSPS) is 23.0. The van der Waals surface area contributed by atoms with Crippen LogP contribution < -0.4 is 4.72 Å². The highest BCUT2D eigenvalue weighted by atomic mass is 35.5. The average Bonchev–Trinajstić information content (AvgIpc) is 3.13. The van der Waals surface area contributed by atoms with Crippen molar-refractivity contribution in [1.82, 2.24) is 14.3 Å². The molecule has 2 aromatic rings. The number of halogens is 1. The summed E-state index contributed by atoms with van der Waals surface area (Å²) in [6, 6.07) is 6.84. The van der Waals surface area contributed by atoms with E-state index >= 15 is 0 Å². The summed E-state index contributed by atoms with van der Waals surface area (Å²) in [6.45, 7) is 0.569. The zero-order chi connectivity index (χ0) is 16.2. The molecule has 0 amide bonds. The number of nitrogens with zero attached hydrogens (tertiary/aromatic N) is 2. The van der Waals surface area contributed by atoms with Crippen molar-refractivity contribution < 1.29 is 13.5 Å². The zero-order valence-electron chi connectivity index (χ0n) is 11.9. The number of sulfonamides is 1. The zero-order valence-corrected chi connectivity index (χ0v) is 14.3. The fourth-order valence-corrected chi connectivity index (χ4v) is 6.14. The van der Waals surface area contributed by atoms with Gasteiger partial charge in [0.25, 0.3) is 10.0 Å². The van der Waals surface area contributed by atoms with E-state index in [4.69, 9.17) is 11.6 Å². The molecule has 2 N–H and O–H groups in total. The lowest BCUT2D eigenvalue weighted by Gasteiger charge is -2.15. The summed E-state index contributed by atoms with van der Waals surface area (Å²) >= 11 is 7.53. The largest absolute Gasteiger partial charge is 0.388 e. The number of benzene rings is 1. The summed E-state index contributed by atoms with van der Waals surface area (Å²) in [5.41, 5.74) is 1.57. The summed E-state index contributed by atoms with van der Waals surface area (Å²) in [5.74, 6) is 0.785. The van der Waals surface area contributed by atoms with E-state index in [2.05, 4.69) is 9.71 Å². The van der Waals surface area contributed by atoms with Crippen LogP contribution in [0.5, 0.6) is 0 Å². The third-order valence-electron chi connectivity index (χ3n) is 4.13. The van der Waals surface area contributed by atoms with Crippen LogP contribution in [0.4, 0.5) is 0 Å². The third kappa shape index (κ3) is 2.49. The van der Waals surface area contributed by atoms with Crippen LogP contribution in [0, 0.1) is 0 Å². The van der Waals surface area contributed by atoms with E-state index in [1.54, 1.807) is 4.57 Å². The average molecular weight is 372 g/mol. The number of imidazole rings is 1. The molecule has 0 radical (unpaired) electrons. The number of aromatic nitrogens is 2. The van der Waals surface area contributed by atoms with Gasteiger partial charge in [-0.15, -0.1) is 0 Å². The predicted molar refractivity (Wildman–Crippen MR) is 87.0 cm³/mol. The minimum absolute atomic E-state index is 0.00784. The van der Waals surface area contributed by atoms with Gasteiger partial charge in [0.05, 0.1) is 12.1 Å². The maximum Gasteiger partial charge on any atom is 0.259 e. The van der Waals surface area contributed by atoms with Crippen molar-refractivity contribution in [2.24, 2.45) is 0 Å². The molecule has 0 saturated heterocycles. The second-order valence-corrected chi connectivity index (χ2v) is 8.59. The first kappa shape index (κ1) is 15.5. The highest BCUT2D eigenvalue weighted by Gasteiger charge is 2.36. The Balaban J connectivity index is 1.70. The fourth-order valence-electron chi connectivity index (χ4n) is 3.15. The van der Waals surface area contributed by atoms with Gasteiger partial charge >= 0.3 is 0 Å². The maximum atomic E-state index is 12.8. The highest BCUT2D eigenvalue weighted by molar-refractivity contribution is 7.99. The van der Waals surface area contributed by atoms with E-state index in [0.29, 0.717) is 18.1 Å². The third-order valence-corrected chi connectivity index (χ3v) is 6.98. The Morgan fingerprint density at radius 1 is 1.35 bits per heavy atom. The van der Waals surface area contributed by atoms with Crippen LogP contribution in [0.2, 0.25) is 5.15 Å². The van der Waals surface area contributed by atoms with Gasteiger partial charge in [-0.2, -0.15) is 0 Å². The second-order valence-electron chi connectivity index (χ2n) is 5.54. The molecular formula is C14H14ClN3O3S2. The van der Waals surface area contributed by atoms with Crippen molar-refractivity contribution in [3.8, 4) is 0 Å². The van der Waals surface area contributed by atoms with Gasteiger partial charge < -0.3 is 9.67 Å². The molecular weight excluding hydrogens is 358 g/mol. The molecule has 1 aliphatic carbocycles. The lowest BCUT2D eigenvalue weighted by molar-refractivity contribution is 0.172. The molecule has 1 aromatic heterocycles. The number of hydrogen-bond acceptors (Lipinski definition) is 5. The molecule has 122 valence electrons. The monoisotopic (exact) mass is 371 g/mol. The molecule has 2 heterocycles. The first-order chi connectivity index (χ1) is 11.0. The molecule has 0 saturated carbocycles. The van der Waals surface area contributed by atoms with Gasteiger partial charge in [-0.25, -0.2) is 18.1 Å². The number of thioether (sulfide) groups is 1. The number of fused-ring (bicyclic) bond motifs is 2. The first-order valence-electron chi connectivity index (χ1n) is 7.15. The Bertz CT molecular complexity index is 881. The van der Waals surface area contributed by atoms with Crippen molar-refractivity contribution in [3.63, 3.8) is 0 Å². The van der Waals surface area contributed by atoms with E-state index in [0.717, 1.165) is 16.9 Å². The molecule has 0 bridgehead atoms. The molecule has 1 aromatic carbocycles. The van der Waals surface area contributed by atoms with Crippen molar-refractivity contribution in [1.29, 1.82) is 0 Å². The molecule has 6 nitrogen and oxygen atoms in total. The van der Waals surface area contributed by atoms with Crippen LogP contribution in [0.25, 0.3) is 0 Å². The van der Waals surface area contributed by atoms with Gasteiger partial charge in [0.2, 0.25) is 0 Å². The topological polar surface area (TPSA) is 84.2 Å². The molecule has 1 aliphatic heterocycles. The molecule has 2 aliphatic rings. The number of aliphatic hydroxyl groups excluding tert-OH is 1. The lowest BCUT2D eigenvalue weighted by atomic mass is 10.1. The van der Waals surface area contributed by atoms with Gasteiger partial charge in [-0.1, -0.05) is 47.6 Å². The summed E-state index contributed by atoms with van der Waals surface area (Å²) in [7, 11) is -3.83. The van der Waals surface area contributed by atoms with Gasteiger partial charge in [0.1, 0.15) is 0 Å². The van der Waals surface area contributed by atoms with Crippen molar-refractivity contribution in [2.45, 2.75) is 35.3 Å². The summed E-state index contributed by atoms with van der Waals surface area (Å²) in [5, 5.41) is 10.7. The van der Waals surface area contributed by atoms with Crippen LogP contribution in [0.15, 0.2) is 34.4 Å². The highest BCUT2D eigenvalue weighted by Crippen LogP contribution is 2.40. The SMILES string of the molecule is O=S(=O)(NC1CC(O)c2ccccc21)c1c(Cl)nc2n1CCS2. The minimum atomic E-state index is -3.83. The van der Waals surface area contributed by atoms with E-state index < -0.39 is 22.2 Å². The van der Waals surface area contributed by atoms with Crippen molar-refractivity contribution in [2.75, 3.05) is 5.75 Å². The maximum absolute atomic E-state index is 12.8. The summed E-state index contributed by atoms with van der Waals surface area (Å²) in [6.07, 6.45) is -0.354. The molecule has 9 heteroatoms. The van der Waals surface area contributed by atoms with E-state index in [1.165, 1.54) is 11.8 Å². The molecule has 0 fully saturated rings. The summed E-state index contributed by atoms with van der Waals surface area (Å²) < 4.78 is 29.9. The van der Waals surface area contributed by atoms with Gasteiger partial charge in [0.15, 0.2) is 15.3 Å². The quantitative estimate of drug-likeness (QED) is 0.863. The minimum Gasteiger partial charge on any atom is -0.388 e. The number of nitrogens with one attached hydrogen (secondary N) is 1. The van der Waals surface area contributed by atoms with Crippen molar-refractivity contribution in [3.05, 3.63) is 40.5 Å². The Kier molecular flexibility index (Phi) is 3.69. The van der Waals surface area contributed by atoms with Crippen LogP contribution in [-0.2, 0) is 16.6 Å². The van der Waals surface area contributed by atoms with Gasteiger partial charge in [-0.05, 0) is 17.5 Å². The predicted octanol–water partition coefficient (Wildman–Crippen LogP) is 2.10. The lowest BCUT2D eigenvalue weighted by Crippen LogP contribution is -2.29. The smallest absolute Gasteiger partial charge is 0.259 e.